The van der Waals surface area contributed by atoms with E-state index in [1.165, 1.54) is 31.3 Å². The van der Waals surface area contributed by atoms with E-state index >= 15 is 0 Å². The molecule has 0 fully saturated rings. The van der Waals surface area contributed by atoms with Gasteiger partial charge in [0.25, 0.3) is 0 Å². The summed E-state index contributed by atoms with van der Waals surface area (Å²) in [6, 6.07) is 4.14. The highest BCUT2D eigenvalue weighted by Gasteiger charge is 2.76. The summed E-state index contributed by atoms with van der Waals surface area (Å²) < 4.78 is 82.9. The number of nitrogens with two attached hydrogens (primary N) is 1. The predicted octanol–water partition coefficient (Wildman–Crippen LogP) is 1.71. The fourth-order valence-corrected chi connectivity index (χ4v) is 1.69. The average Bonchev–Trinajstić information content (AvgIpc) is 2.42. The Morgan fingerprint density at radius 2 is 1.83 bits per heavy atom. The van der Waals surface area contributed by atoms with Crippen LogP contribution in [0.1, 0.15) is 12.6 Å². The van der Waals surface area contributed by atoms with E-state index in [9.17, 15) is 31.1 Å². The van der Waals surface area contributed by atoms with Crippen LogP contribution in [-0.4, -0.2) is 35.7 Å². The Hall–Kier alpha value is -2.04. The number of aromatic nitrogens is 1. The highest BCUT2D eigenvalue weighted by atomic mass is 19.4. The van der Waals surface area contributed by atoms with Crippen molar-refractivity contribution in [2.75, 3.05) is 6.61 Å². The summed E-state index contributed by atoms with van der Waals surface area (Å²) in [6.45, 7) is 0.115. The molecule has 0 aliphatic carbocycles. The van der Waals surface area contributed by atoms with Crippen LogP contribution in [0, 0.1) is 0 Å². The van der Waals surface area contributed by atoms with Crippen LogP contribution in [0.25, 0.3) is 0 Å². The van der Waals surface area contributed by atoms with Gasteiger partial charge in [-0.2, -0.15) is 26.3 Å². The van der Waals surface area contributed by atoms with Crippen molar-refractivity contribution >= 4 is 6.09 Å². The number of carbonyl (C=O) groups is 1. The molecule has 5 nitrogen and oxygen atoms in total. The lowest BCUT2D eigenvalue weighted by molar-refractivity contribution is -0.796. The van der Waals surface area contributed by atoms with E-state index in [4.69, 9.17) is 0 Å². The molecule has 0 saturated heterocycles. The molecular formula is C12H14F6N3O2+. The number of rotatable bonds is 5. The maximum atomic E-state index is 13.1. The first kappa shape index (κ1) is 19.0. The Balaban J connectivity index is 3.14. The molecule has 0 aliphatic heterocycles. The van der Waals surface area contributed by atoms with Crippen LogP contribution in [0.15, 0.2) is 24.4 Å². The van der Waals surface area contributed by atoms with E-state index in [2.05, 4.69) is 9.72 Å². The number of nitrogens with zero attached hydrogens (tertiary/aromatic N) is 1. The Labute approximate surface area is 127 Å². The maximum Gasteiger partial charge on any atom is 0.476 e. The van der Waals surface area contributed by atoms with Gasteiger partial charge in [0.15, 0.2) is 0 Å². The fourth-order valence-electron chi connectivity index (χ4n) is 1.69. The summed E-state index contributed by atoms with van der Waals surface area (Å²) in [5.41, 5.74) is -4.56. The van der Waals surface area contributed by atoms with Crippen molar-refractivity contribution in [3.05, 3.63) is 30.1 Å². The van der Waals surface area contributed by atoms with Gasteiger partial charge in [-0.25, -0.2) is 4.79 Å². The zero-order valence-corrected chi connectivity index (χ0v) is 11.8. The largest absolute Gasteiger partial charge is 0.476 e. The molecule has 23 heavy (non-hydrogen) atoms. The quantitative estimate of drug-likeness (QED) is 0.630. The van der Waals surface area contributed by atoms with Crippen molar-refractivity contribution in [3.8, 4) is 0 Å². The van der Waals surface area contributed by atoms with Crippen LogP contribution >= 0.6 is 0 Å². The summed E-state index contributed by atoms with van der Waals surface area (Å²) in [6.07, 6.45) is -12.2. The highest BCUT2D eigenvalue weighted by Crippen LogP contribution is 2.38. The summed E-state index contributed by atoms with van der Waals surface area (Å²) in [5, 5.41) is 0.810. The maximum absolute atomic E-state index is 13.1. The second kappa shape index (κ2) is 7.02. The van der Waals surface area contributed by atoms with Crippen LogP contribution in [0.5, 0.6) is 0 Å². The first-order valence-electron chi connectivity index (χ1n) is 6.36. The van der Waals surface area contributed by atoms with Crippen LogP contribution in [0.4, 0.5) is 31.1 Å². The van der Waals surface area contributed by atoms with Crippen LogP contribution in [0.3, 0.4) is 0 Å². The average molecular weight is 346 g/mol. The number of amides is 1. The van der Waals surface area contributed by atoms with Gasteiger partial charge in [-0.15, -0.1) is 0 Å². The minimum atomic E-state index is -5.81. The number of hydrogen-bond donors (Lipinski definition) is 2. The van der Waals surface area contributed by atoms with Crippen LogP contribution in [-0.2, 0) is 11.3 Å². The molecule has 0 saturated carbocycles. The molecule has 0 radical (unpaired) electrons. The van der Waals surface area contributed by atoms with Gasteiger partial charge in [-0.3, -0.25) is 10.3 Å². The Morgan fingerprint density at radius 1 is 1.22 bits per heavy atom. The Kier molecular flexibility index (Phi) is 5.81. The summed E-state index contributed by atoms with van der Waals surface area (Å²) in [4.78, 5) is 14.8. The number of quaternary nitrogens is 1. The Morgan fingerprint density at radius 3 is 2.26 bits per heavy atom. The second-order valence-corrected chi connectivity index (χ2v) is 4.38. The van der Waals surface area contributed by atoms with E-state index in [0.29, 0.717) is 0 Å². The third kappa shape index (κ3) is 4.47. The number of alkyl carbamates (subject to hydrolysis) is 1. The Bertz CT molecular complexity index is 504. The number of ether oxygens (including phenoxy) is 1. The molecule has 0 aromatic carbocycles. The van der Waals surface area contributed by atoms with Crippen molar-refractivity contribution in [2.24, 2.45) is 0 Å². The molecule has 1 heterocycles. The number of hydrogen-bond acceptors (Lipinski definition) is 3. The fraction of sp³-hybridized carbons (Fsp3) is 0.500. The van der Waals surface area contributed by atoms with Gasteiger partial charge in [0.05, 0.1) is 12.3 Å². The van der Waals surface area contributed by atoms with Gasteiger partial charge >= 0.3 is 24.1 Å². The minimum Gasteiger partial charge on any atom is -0.450 e. The summed E-state index contributed by atoms with van der Waals surface area (Å²) in [5.74, 6) is 0. The van der Waals surface area contributed by atoms with Crippen molar-refractivity contribution < 1.29 is 41.2 Å². The zero-order valence-electron chi connectivity index (χ0n) is 11.8. The van der Waals surface area contributed by atoms with Crippen molar-refractivity contribution in [3.63, 3.8) is 0 Å². The van der Waals surface area contributed by atoms with Gasteiger partial charge in [-0.05, 0) is 19.1 Å². The van der Waals surface area contributed by atoms with Crippen molar-refractivity contribution in [2.45, 2.75) is 31.5 Å². The molecule has 3 N–H and O–H groups in total. The third-order valence-corrected chi connectivity index (χ3v) is 2.81. The standard InChI is InChI=1S/C12H13F6N3O2/c1-2-23-9(22)21-10(11(13,14)15,12(16,17)18)20-7-8-5-3-4-6-19-8/h3-6,20H,2,7H2,1H3,(H,21,22)/p+1. The molecule has 1 aromatic rings. The topological polar surface area (TPSA) is 67.8 Å². The SMILES string of the molecule is CCOC(=O)NC([NH2+]Cc1ccccn1)(C(F)(F)F)C(F)(F)F. The number of pyridine rings is 1. The van der Waals surface area contributed by atoms with Gasteiger partial charge in [0.1, 0.15) is 6.54 Å². The minimum absolute atomic E-state index is 0.0176. The van der Waals surface area contributed by atoms with E-state index in [-0.39, 0.29) is 17.6 Å². The molecule has 0 aliphatic rings. The van der Waals surface area contributed by atoms with Gasteiger partial charge in [0, 0.05) is 6.20 Å². The third-order valence-electron chi connectivity index (χ3n) is 2.81. The lowest BCUT2D eigenvalue weighted by atomic mass is 10.1. The highest BCUT2D eigenvalue weighted by molar-refractivity contribution is 5.68. The molecule has 0 atom stereocenters. The molecule has 0 spiro atoms. The van der Waals surface area contributed by atoms with E-state index in [1.807, 2.05) is 0 Å². The summed E-state index contributed by atoms with van der Waals surface area (Å²) >= 11 is 0. The number of nitrogens with one attached hydrogen (secondary N) is 1. The lowest BCUT2D eigenvalue weighted by Gasteiger charge is -2.34. The van der Waals surface area contributed by atoms with Crippen LogP contribution < -0.4 is 10.6 Å². The second-order valence-electron chi connectivity index (χ2n) is 4.38. The first-order valence-corrected chi connectivity index (χ1v) is 6.36. The zero-order chi connectivity index (χ0) is 17.7. The molecule has 0 unspecified atom stereocenters. The molecule has 11 heteroatoms. The lowest BCUT2D eigenvalue weighted by Crippen LogP contribution is -3.07. The first-order chi connectivity index (χ1) is 10.5. The normalized spacial score (nSPS) is 12.8. The summed E-state index contributed by atoms with van der Waals surface area (Å²) in [7, 11) is 0. The van der Waals surface area contributed by atoms with E-state index in [1.54, 1.807) is 0 Å². The van der Waals surface area contributed by atoms with Crippen molar-refractivity contribution in [1.29, 1.82) is 0 Å². The van der Waals surface area contributed by atoms with E-state index in [0.717, 1.165) is 5.32 Å². The van der Waals surface area contributed by atoms with Crippen molar-refractivity contribution in [1.82, 2.24) is 10.3 Å². The monoisotopic (exact) mass is 346 g/mol. The molecule has 130 valence electrons. The van der Waals surface area contributed by atoms with E-state index < -0.39 is 30.7 Å². The van der Waals surface area contributed by atoms with Gasteiger partial charge < -0.3 is 10.1 Å². The molecule has 1 aromatic heterocycles. The number of halogens is 6. The predicted molar refractivity (Wildman–Crippen MR) is 64.9 cm³/mol. The number of alkyl halides is 6. The van der Waals surface area contributed by atoms with Gasteiger partial charge in [-0.1, -0.05) is 6.07 Å². The molecule has 1 rings (SSSR count). The molecular weight excluding hydrogens is 332 g/mol. The molecule has 1 amide bonds. The van der Waals surface area contributed by atoms with Gasteiger partial charge in [0.2, 0.25) is 0 Å². The molecule has 0 bridgehead atoms. The smallest absolute Gasteiger partial charge is 0.450 e. The van der Waals surface area contributed by atoms with Crippen LogP contribution in [0.2, 0.25) is 0 Å². The number of carbonyl (C=O) groups excluding carboxylic acids is 1.